The summed E-state index contributed by atoms with van der Waals surface area (Å²) in [7, 11) is 3.36. The number of aliphatic imine (C=N–C) groups is 1. The highest BCUT2D eigenvalue weighted by atomic mass is 127. The molecule has 2 aromatic carbocycles. The Morgan fingerprint density at radius 1 is 1.07 bits per heavy atom. The van der Waals surface area contributed by atoms with Crippen molar-refractivity contribution in [3.05, 3.63) is 58.7 Å². The van der Waals surface area contributed by atoms with Crippen LogP contribution >= 0.6 is 24.0 Å². The van der Waals surface area contributed by atoms with Crippen molar-refractivity contribution in [1.29, 1.82) is 0 Å². The Balaban J connectivity index is 0.00000392. The third-order valence-electron chi connectivity index (χ3n) is 4.17. The first kappa shape index (κ1) is 23.6. The number of methoxy groups -OCH3 is 1. The summed E-state index contributed by atoms with van der Waals surface area (Å²) >= 11 is 0. The molecule has 0 aliphatic carbocycles. The Morgan fingerprint density at radius 2 is 1.82 bits per heavy atom. The van der Waals surface area contributed by atoms with Crippen LogP contribution in [0.1, 0.15) is 22.3 Å². The number of halogens is 1. The van der Waals surface area contributed by atoms with Gasteiger partial charge in [-0.25, -0.2) is 0 Å². The third kappa shape index (κ3) is 6.97. The van der Waals surface area contributed by atoms with E-state index in [1.54, 1.807) is 14.2 Å². The SMILES string of the molecule is C#CCOc1cc(CNC(=NC)NCc2ccc(C)cc2C)ccc1OC.I. The van der Waals surface area contributed by atoms with Crippen molar-refractivity contribution in [1.82, 2.24) is 10.6 Å². The minimum absolute atomic E-state index is 0. The quantitative estimate of drug-likeness (QED) is 0.267. The van der Waals surface area contributed by atoms with Gasteiger partial charge in [0.15, 0.2) is 17.5 Å². The molecule has 0 spiro atoms. The van der Waals surface area contributed by atoms with Gasteiger partial charge in [-0.3, -0.25) is 4.99 Å². The van der Waals surface area contributed by atoms with Gasteiger partial charge in [0.05, 0.1) is 7.11 Å². The Labute approximate surface area is 185 Å². The Hall–Kier alpha value is -2.40. The molecule has 0 aliphatic heterocycles. The number of hydrogen-bond donors (Lipinski definition) is 2. The van der Waals surface area contributed by atoms with E-state index in [0.717, 1.165) is 11.5 Å². The zero-order valence-corrected chi connectivity index (χ0v) is 19.2. The summed E-state index contributed by atoms with van der Waals surface area (Å²) in [4.78, 5) is 4.28. The van der Waals surface area contributed by atoms with Crippen LogP contribution in [0.2, 0.25) is 0 Å². The van der Waals surface area contributed by atoms with E-state index in [-0.39, 0.29) is 30.6 Å². The lowest BCUT2D eigenvalue weighted by Gasteiger charge is -2.15. The van der Waals surface area contributed by atoms with Crippen LogP contribution < -0.4 is 20.1 Å². The fourth-order valence-electron chi connectivity index (χ4n) is 2.69. The predicted molar refractivity (Wildman–Crippen MR) is 126 cm³/mol. The van der Waals surface area contributed by atoms with Crippen LogP contribution in [0.5, 0.6) is 11.5 Å². The van der Waals surface area contributed by atoms with Crippen molar-refractivity contribution in [2.24, 2.45) is 4.99 Å². The number of guanidine groups is 1. The van der Waals surface area contributed by atoms with E-state index < -0.39 is 0 Å². The van der Waals surface area contributed by atoms with E-state index in [1.807, 2.05) is 18.2 Å². The van der Waals surface area contributed by atoms with E-state index in [0.29, 0.717) is 24.6 Å². The summed E-state index contributed by atoms with van der Waals surface area (Å²) in [6, 6.07) is 12.2. The summed E-state index contributed by atoms with van der Waals surface area (Å²) in [5, 5.41) is 6.65. The predicted octanol–water partition coefficient (Wildman–Crippen LogP) is 3.81. The number of nitrogens with one attached hydrogen (secondary N) is 2. The molecule has 0 unspecified atom stereocenters. The zero-order valence-electron chi connectivity index (χ0n) is 16.8. The van der Waals surface area contributed by atoms with E-state index in [4.69, 9.17) is 15.9 Å². The molecule has 0 heterocycles. The monoisotopic (exact) mass is 493 g/mol. The Kier molecular flexibility index (Phi) is 10.2. The summed E-state index contributed by atoms with van der Waals surface area (Å²) in [5.41, 5.74) is 4.82. The van der Waals surface area contributed by atoms with Crippen LogP contribution in [0, 0.1) is 26.2 Å². The van der Waals surface area contributed by atoms with Gasteiger partial charge in [-0.1, -0.05) is 35.7 Å². The van der Waals surface area contributed by atoms with Crippen LogP contribution in [-0.2, 0) is 13.1 Å². The lowest BCUT2D eigenvalue weighted by Crippen LogP contribution is -2.36. The second kappa shape index (κ2) is 12.1. The first-order valence-electron chi connectivity index (χ1n) is 8.81. The summed E-state index contributed by atoms with van der Waals surface area (Å²) in [6.45, 7) is 5.73. The van der Waals surface area contributed by atoms with Crippen LogP contribution in [0.15, 0.2) is 41.4 Å². The highest BCUT2D eigenvalue weighted by Gasteiger charge is 2.07. The maximum absolute atomic E-state index is 5.54. The highest BCUT2D eigenvalue weighted by molar-refractivity contribution is 14.0. The topological polar surface area (TPSA) is 54.9 Å². The molecular formula is C22H28IN3O2. The van der Waals surface area contributed by atoms with Crippen molar-refractivity contribution in [3.8, 4) is 23.8 Å². The third-order valence-corrected chi connectivity index (χ3v) is 4.17. The maximum atomic E-state index is 5.54. The molecule has 0 aromatic heterocycles. The molecule has 2 rings (SSSR count). The van der Waals surface area contributed by atoms with Crippen LogP contribution in [0.25, 0.3) is 0 Å². The lowest BCUT2D eigenvalue weighted by atomic mass is 10.1. The molecule has 5 nitrogen and oxygen atoms in total. The molecule has 28 heavy (non-hydrogen) atoms. The van der Waals surface area contributed by atoms with Crippen molar-refractivity contribution in [2.45, 2.75) is 26.9 Å². The molecule has 0 saturated carbocycles. The molecule has 150 valence electrons. The molecule has 0 radical (unpaired) electrons. The van der Waals surface area contributed by atoms with Gasteiger partial charge in [-0.15, -0.1) is 30.4 Å². The Morgan fingerprint density at radius 3 is 2.46 bits per heavy atom. The molecule has 2 aromatic rings. The van der Waals surface area contributed by atoms with Gasteiger partial charge in [-0.2, -0.15) is 0 Å². The molecule has 0 aliphatic rings. The van der Waals surface area contributed by atoms with Crippen molar-refractivity contribution in [3.63, 3.8) is 0 Å². The second-order valence-electron chi connectivity index (χ2n) is 6.19. The molecule has 0 fully saturated rings. The second-order valence-corrected chi connectivity index (χ2v) is 6.19. The number of benzene rings is 2. The van der Waals surface area contributed by atoms with E-state index in [1.165, 1.54) is 16.7 Å². The number of terminal acetylenes is 1. The molecule has 0 bridgehead atoms. The van der Waals surface area contributed by atoms with Crippen LogP contribution in [0.3, 0.4) is 0 Å². The average molecular weight is 493 g/mol. The Bertz CT molecular complexity index is 844. The number of rotatable bonds is 7. The van der Waals surface area contributed by atoms with Crippen LogP contribution in [-0.4, -0.2) is 26.7 Å². The van der Waals surface area contributed by atoms with Gasteiger partial charge in [0.1, 0.15) is 6.61 Å². The molecule has 0 amide bonds. The molecule has 0 saturated heterocycles. The lowest BCUT2D eigenvalue weighted by molar-refractivity contribution is 0.330. The highest BCUT2D eigenvalue weighted by Crippen LogP contribution is 2.27. The zero-order chi connectivity index (χ0) is 19.6. The van der Waals surface area contributed by atoms with E-state index in [9.17, 15) is 0 Å². The van der Waals surface area contributed by atoms with Crippen molar-refractivity contribution < 1.29 is 9.47 Å². The summed E-state index contributed by atoms with van der Waals surface area (Å²) in [5.74, 6) is 4.49. The number of hydrogen-bond acceptors (Lipinski definition) is 3. The van der Waals surface area contributed by atoms with Gasteiger partial charge in [-0.05, 0) is 42.7 Å². The fraction of sp³-hybridized carbons (Fsp3) is 0.318. The number of nitrogens with zero attached hydrogens (tertiary/aromatic N) is 1. The minimum Gasteiger partial charge on any atom is -0.493 e. The van der Waals surface area contributed by atoms with Gasteiger partial charge in [0.25, 0.3) is 0 Å². The number of ether oxygens (including phenoxy) is 2. The fourth-order valence-corrected chi connectivity index (χ4v) is 2.69. The minimum atomic E-state index is 0. The molecule has 2 N–H and O–H groups in total. The van der Waals surface area contributed by atoms with Gasteiger partial charge in [0.2, 0.25) is 0 Å². The largest absolute Gasteiger partial charge is 0.493 e. The van der Waals surface area contributed by atoms with Crippen molar-refractivity contribution in [2.75, 3.05) is 20.8 Å². The van der Waals surface area contributed by atoms with Gasteiger partial charge >= 0.3 is 0 Å². The van der Waals surface area contributed by atoms with Crippen molar-refractivity contribution >= 4 is 29.9 Å². The first-order chi connectivity index (χ1) is 13.1. The summed E-state index contributed by atoms with van der Waals surface area (Å²) in [6.07, 6.45) is 5.27. The first-order valence-corrected chi connectivity index (χ1v) is 8.81. The molecule has 0 atom stereocenters. The number of aryl methyl sites for hydroxylation is 2. The average Bonchev–Trinajstić information content (AvgIpc) is 2.67. The van der Waals surface area contributed by atoms with Gasteiger partial charge < -0.3 is 20.1 Å². The molecule has 6 heteroatoms. The van der Waals surface area contributed by atoms with E-state index in [2.05, 4.69) is 53.6 Å². The van der Waals surface area contributed by atoms with Gasteiger partial charge in [0, 0.05) is 20.1 Å². The van der Waals surface area contributed by atoms with Crippen LogP contribution in [0.4, 0.5) is 0 Å². The summed E-state index contributed by atoms with van der Waals surface area (Å²) < 4.78 is 10.8. The van der Waals surface area contributed by atoms with E-state index >= 15 is 0 Å². The normalized spacial score (nSPS) is 10.5. The smallest absolute Gasteiger partial charge is 0.191 e. The maximum Gasteiger partial charge on any atom is 0.191 e. The standard InChI is InChI=1S/C22H27N3O2.HI/c1-6-11-27-21-13-18(8-10-20(21)26-5)14-24-22(23-4)25-15-19-9-7-16(2)12-17(19)3;/h1,7-10,12-13H,11,14-15H2,2-5H3,(H2,23,24,25);1H. The molecular weight excluding hydrogens is 465 g/mol.